The van der Waals surface area contributed by atoms with Crippen LogP contribution in [0.3, 0.4) is 0 Å². The molecule has 1 atom stereocenters. The van der Waals surface area contributed by atoms with Crippen molar-refractivity contribution in [3.63, 3.8) is 0 Å². The van der Waals surface area contributed by atoms with E-state index in [1.807, 2.05) is 4.90 Å². The summed E-state index contributed by atoms with van der Waals surface area (Å²) in [5, 5.41) is 12.5. The van der Waals surface area contributed by atoms with E-state index < -0.39 is 35.4 Å². The van der Waals surface area contributed by atoms with Gasteiger partial charge in [0.15, 0.2) is 0 Å². The molecule has 2 aromatic rings. The van der Waals surface area contributed by atoms with Gasteiger partial charge in [0, 0.05) is 39.3 Å². The second kappa shape index (κ2) is 12.7. The van der Waals surface area contributed by atoms with Gasteiger partial charge in [-0.1, -0.05) is 23.7 Å². The summed E-state index contributed by atoms with van der Waals surface area (Å²) in [6.07, 6.45) is -8.32. The predicted octanol–water partition coefficient (Wildman–Crippen LogP) is 4.90. The van der Waals surface area contributed by atoms with Crippen molar-refractivity contribution < 1.29 is 45.8 Å². The van der Waals surface area contributed by atoms with Gasteiger partial charge in [0.1, 0.15) is 16.7 Å². The first-order valence-electron chi connectivity index (χ1n) is 12.6. The van der Waals surface area contributed by atoms with Crippen molar-refractivity contribution in [3.8, 4) is 5.75 Å². The van der Waals surface area contributed by atoms with Gasteiger partial charge in [-0.15, -0.1) is 13.2 Å². The summed E-state index contributed by atoms with van der Waals surface area (Å²) in [4.78, 5) is 32.4. The van der Waals surface area contributed by atoms with Crippen LogP contribution in [0.15, 0.2) is 36.4 Å². The molecule has 1 aromatic carbocycles. The molecule has 0 saturated carbocycles. The van der Waals surface area contributed by atoms with Crippen molar-refractivity contribution in [2.75, 3.05) is 38.6 Å². The third-order valence-corrected chi connectivity index (χ3v) is 7.00. The zero-order chi connectivity index (χ0) is 30.6. The number of ether oxygens (including phenoxy) is 1. The van der Waals surface area contributed by atoms with Crippen molar-refractivity contribution in [1.29, 1.82) is 0 Å². The Kier molecular flexibility index (Phi) is 10.0. The number of benzene rings is 1. The maximum absolute atomic E-state index is 13.8. The summed E-state index contributed by atoms with van der Waals surface area (Å²) in [7, 11) is 3.21. The molecule has 0 unspecified atom stereocenters. The molecule has 2 N–H and O–H groups in total. The molecule has 1 fully saturated rings. The Morgan fingerprint density at radius 3 is 2.34 bits per heavy atom. The van der Waals surface area contributed by atoms with Gasteiger partial charge in [-0.3, -0.25) is 9.59 Å². The molecule has 226 valence electrons. The van der Waals surface area contributed by atoms with E-state index in [1.165, 1.54) is 4.90 Å². The van der Waals surface area contributed by atoms with E-state index in [2.05, 4.69) is 15.0 Å². The molecular formula is C26H29ClF6N4O4. The lowest BCUT2D eigenvalue weighted by Crippen LogP contribution is -2.54. The minimum absolute atomic E-state index is 0.0949. The Bertz CT molecular complexity index is 1240. The summed E-state index contributed by atoms with van der Waals surface area (Å²) >= 11 is 6.20. The summed E-state index contributed by atoms with van der Waals surface area (Å²) in [6.45, 7) is 1.08. The molecule has 0 bridgehead atoms. The van der Waals surface area contributed by atoms with Crippen LogP contribution < -0.4 is 15.0 Å². The van der Waals surface area contributed by atoms with Crippen LogP contribution in [0.4, 0.5) is 32.2 Å². The number of rotatable bonds is 9. The second-order valence-corrected chi connectivity index (χ2v) is 10.2. The molecule has 0 spiro atoms. The Hall–Kier alpha value is -3.26. The summed E-state index contributed by atoms with van der Waals surface area (Å²) in [5.74, 6) is -2.24. The average Bonchev–Trinajstić information content (AvgIpc) is 2.89. The van der Waals surface area contributed by atoms with Crippen LogP contribution >= 0.6 is 11.6 Å². The number of carbonyl (C=O) groups excluding carboxylic acids is 2. The second-order valence-electron chi connectivity index (χ2n) is 9.82. The Morgan fingerprint density at radius 1 is 1.12 bits per heavy atom. The van der Waals surface area contributed by atoms with Crippen LogP contribution in [-0.4, -0.2) is 73.1 Å². The number of pyridine rings is 1. The van der Waals surface area contributed by atoms with Gasteiger partial charge in [0.25, 0.3) is 17.4 Å². The highest BCUT2D eigenvalue weighted by Gasteiger charge is 2.61. The van der Waals surface area contributed by atoms with Crippen molar-refractivity contribution in [1.82, 2.24) is 15.2 Å². The topological polar surface area (TPSA) is 95.0 Å². The van der Waals surface area contributed by atoms with Crippen LogP contribution in [0, 0.1) is 5.92 Å². The van der Waals surface area contributed by atoms with Gasteiger partial charge in [-0.2, -0.15) is 13.2 Å². The molecule has 1 aliphatic heterocycles. The highest BCUT2D eigenvalue weighted by Crippen LogP contribution is 2.41. The summed E-state index contributed by atoms with van der Waals surface area (Å²) in [6, 6.07) is 5.91. The Balaban J connectivity index is 1.53. The Labute approximate surface area is 237 Å². The predicted molar refractivity (Wildman–Crippen MR) is 138 cm³/mol. The molecule has 1 aliphatic rings. The first kappa shape index (κ1) is 32.3. The van der Waals surface area contributed by atoms with Crippen LogP contribution in [0.25, 0.3) is 0 Å². The van der Waals surface area contributed by atoms with E-state index in [0.717, 1.165) is 25.0 Å². The number of anilines is 1. The number of nitrogens with zero attached hydrogens (tertiary/aromatic N) is 3. The lowest BCUT2D eigenvalue weighted by molar-refractivity contribution is -0.274. The monoisotopic (exact) mass is 610 g/mol. The molecule has 0 aliphatic carbocycles. The van der Waals surface area contributed by atoms with Crippen molar-refractivity contribution in [3.05, 3.63) is 52.7 Å². The minimum atomic E-state index is -5.52. The molecule has 8 nitrogen and oxygen atoms in total. The van der Waals surface area contributed by atoms with E-state index >= 15 is 0 Å². The number of carbonyl (C=O) groups is 2. The fraction of sp³-hybridized carbons (Fsp3) is 0.500. The summed E-state index contributed by atoms with van der Waals surface area (Å²) in [5.41, 5.74) is -4.90. The van der Waals surface area contributed by atoms with E-state index in [4.69, 9.17) is 11.6 Å². The zero-order valence-corrected chi connectivity index (χ0v) is 22.9. The minimum Gasteiger partial charge on any atom is -0.406 e. The largest absolute Gasteiger partial charge is 0.573 e. The van der Waals surface area contributed by atoms with Crippen LogP contribution in [-0.2, 0) is 10.4 Å². The molecule has 2 amide bonds. The average molecular weight is 611 g/mol. The molecule has 0 radical (unpaired) electrons. The van der Waals surface area contributed by atoms with Crippen molar-refractivity contribution in [2.24, 2.45) is 5.92 Å². The lowest BCUT2D eigenvalue weighted by atomic mass is 9.91. The third kappa shape index (κ3) is 7.94. The molecular weight excluding hydrogens is 582 g/mol. The van der Waals surface area contributed by atoms with Crippen LogP contribution in [0.5, 0.6) is 5.75 Å². The van der Waals surface area contributed by atoms with Gasteiger partial charge in [0.2, 0.25) is 0 Å². The van der Waals surface area contributed by atoms with Gasteiger partial charge in [-0.05, 0) is 55.9 Å². The van der Waals surface area contributed by atoms with Gasteiger partial charge < -0.3 is 25.0 Å². The SMILES string of the molecule is CN(C)C(=O)c1ccc(N2CCC(CCCNC(=O)[C@](O)(c3cccc(OC(F)(F)F)c3)C(F)(F)F)CC2)nc1Cl. The fourth-order valence-corrected chi connectivity index (χ4v) is 4.74. The standard InChI is InChI=1S/C26H29ClF6N4O4/c1-36(2)22(38)19-8-9-20(35-21(19)27)37-13-10-16(11-14-37)5-4-12-34-23(39)24(40,25(28,29)30)17-6-3-7-18(15-17)41-26(31,32)33/h3,6-9,15-16,40H,4-5,10-14H2,1-2H3,(H,34,39)/t24-/m1/s1. The zero-order valence-electron chi connectivity index (χ0n) is 22.2. The van der Waals surface area contributed by atoms with Crippen LogP contribution in [0.1, 0.15) is 41.6 Å². The maximum atomic E-state index is 13.8. The van der Waals surface area contributed by atoms with Crippen LogP contribution in [0.2, 0.25) is 5.15 Å². The first-order valence-corrected chi connectivity index (χ1v) is 13.0. The molecule has 41 heavy (non-hydrogen) atoms. The van der Waals surface area contributed by atoms with E-state index in [9.17, 15) is 41.0 Å². The van der Waals surface area contributed by atoms with E-state index in [0.29, 0.717) is 43.9 Å². The molecule has 2 heterocycles. The van der Waals surface area contributed by atoms with Gasteiger partial charge >= 0.3 is 12.5 Å². The molecule has 1 aromatic heterocycles. The smallest absolute Gasteiger partial charge is 0.406 e. The molecule has 1 saturated heterocycles. The lowest BCUT2D eigenvalue weighted by Gasteiger charge is -2.33. The first-order chi connectivity index (χ1) is 19.0. The van der Waals surface area contributed by atoms with Gasteiger partial charge in [0.05, 0.1) is 5.56 Å². The van der Waals surface area contributed by atoms with Crippen molar-refractivity contribution in [2.45, 2.75) is 43.8 Å². The quantitative estimate of drug-likeness (QED) is 0.238. The number of aliphatic hydroxyl groups is 1. The number of amides is 2. The van der Waals surface area contributed by atoms with Crippen molar-refractivity contribution >= 4 is 29.2 Å². The molecule has 15 heteroatoms. The number of nitrogens with one attached hydrogen (secondary N) is 1. The van der Waals surface area contributed by atoms with E-state index in [1.54, 1.807) is 26.2 Å². The third-order valence-electron chi connectivity index (χ3n) is 6.71. The number of alkyl halides is 6. The number of piperidine rings is 1. The Morgan fingerprint density at radius 2 is 1.78 bits per heavy atom. The highest BCUT2D eigenvalue weighted by molar-refractivity contribution is 6.32. The number of hydrogen-bond acceptors (Lipinski definition) is 6. The number of aromatic nitrogens is 1. The fourth-order valence-electron chi connectivity index (χ4n) is 4.51. The highest BCUT2D eigenvalue weighted by atomic mass is 35.5. The normalized spacial score (nSPS) is 16.2. The van der Waals surface area contributed by atoms with Gasteiger partial charge in [-0.25, -0.2) is 4.98 Å². The number of hydrogen-bond donors (Lipinski definition) is 2. The van der Waals surface area contributed by atoms with E-state index in [-0.39, 0.29) is 29.1 Å². The molecule has 3 rings (SSSR count). The summed E-state index contributed by atoms with van der Waals surface area (Å²) < 4.78 is 82.5. The maximum Gasteiger partial charge on any atom is 0.573 e. The number of halogens is 7.